The Morgan fingerprint density at radius 2 is 1.45 bits per heavy atom. The number of benzene rings is 2. The highest BCUT2D eigenvalue weighted by molar-refractivity contribution is 8.03. The zero-order chi connectivity index (χ0) is 37.3. The van der Waals surface area contributed by atoms with Crippen LogP contribution in [-0.2, 0) is 28.5 Å². The molecule has 16 heteroatoms. The first-order chi connectivity index (χ1) is 24.1. The van der Waals surface area contributed by atoms with Crippen LogP contribution in [0.3, 0.4) is 0 Å². The van der Waals surface area contributed by atoms with Crippen LogP contribution in [0.15, 0.2) is 70.6 Å². The maximum atomic E-state index is 13.6. The van der Waals surface area contributed by atoms with Crippen LogP contribution < -0.4 is 14.6 Å². The van der Waals surface area contributed by atoms with Crippen LogP contribution in [0.25, 0.3) is 16.3 Å². The Bertz CT molecular complexity index is 1870. The Morgan fingerprint density at radius 3 is 2.14 bits per heavy atom. The van der Waals surface area contributed by atoms with E-state index >= 15 is 0 Å². The summed E-state index contributed by atoms with van der Waals surface area (Å²) in [5.41, 5.74) is -1.16. The van der Waals surface area contributed by atoms with Gasteiger partial charge in [0.15, 0.2) is 6.54 Å². The third-order valence-electron chi connectivity index (χ3n) is 7.71. The van der Waals surface area contributed by atoms with Crippen LogP contribution in [0.4, 0.5) is 32.0 Å². The van der Waals surface area contributed by atoms with E-state index in [1.54, 1.807) is 52.0 Å². The van der Waals surface area contributed by atoms with Crippen LogP contribution in [0, 0.1) is 0 Å². The van der Waals surface area contributed by atoms with Crippen molar-refractivity contribution in [2.45, 2.75) is 75.2 Å². The number of fused-ring (bicyclic) bond motifs is 2. The SMILES string of the molecule is O=C([O-])CCCCC[n+]1c(/C=C/C=C/C=C/C=C2\Sc3cc(Cl)c(C(F)(F)F)cc3N2CCCCCC(=O)O)sc2cc(Cl)c(C(F)(F)F)cc21. The molecule has 274 valence electrons. The highest BCUT2D eigenvalue weighted by Gasteiger charge is 2.37. The van der Waals surface area contributed by atoms with Gasteiger partial charge < -0.3 is 19.9 Å². The number of hydrogen-bond acceptors (Lipinski definition) is 6. The number of thiazole rings is 1. The number of hydrogen-bond donors (Lipinski definition) is 1. The van der Waals surface area contributed by atoms with Crippen molar-refractivity contribution < 1.29 is 50.7 Å². The Kier molecular flexibility index (Phi) is 14.1. The third-order valence-corrected chi connectivity index (χ3v) is 10.6. The molecule has 0 bridgehead atoms. The van der Waals surface area contributed by atoms with Gasteiger partial charge in [0, 0.05) is 42.4 Å². The molecular formula is C35H32Cl2F6N2O4S2. The lowest BCUT2D eigenvalue weighted by Crippen LogP contribution is -2.35. The summed E-state index contributed by atoms with van der Waals surface area (Å²) in [6, 6.07) is 4.64. The average Bonchev–Trinajstić information content (AvgIpc) is 3.53. The molecule has 0 spiro atoms. The number of anilines is 1. The standard InChI is InChI=1S/C35H32Cl2F6N2O4S2/c36-24-20-28-26(18-22(24)34(38,39)40)44(16-10-4-8-14-32(46)47)30(50-28)12-6-2-1-3-7-13-31-45(17-11-5-9-15-33(48)49)27-19-23(35(41,42)43)25(37)21-29(27)51-31/h1-3,6-7,12-13,18-21H,4-5,8-11,14-17H2,(H-,46,47,48,49). The van der Waals surface area contributed by atoms with E-state index in [-0.39, 0.29) is 12.8 Å². The van der Waals surface area contributed by atoms with Gasteiger partial charge >= 0.3 is 18.3 Å². The van der Waals surface area contributed by atoms with Gasteiger partial charge in [-0.15, -0.1) is 0 Å². The number of alkyl halides is 6. The number of carbonyl (C=O) groups excluding carboxylic acids is 1. The van der Waals surface area contributed by atoms with E-state index in [4.69, 9.17) is 28.3 Å². The fourth-order valence-corrected chi connectivity index (χ4v) is 8.21. The summed E-state index contributed by atoms with van der Waals surface area (Å²) in [5, 5.41) is 20.2. The number of aromatic nitrogens is 1. The number of allylic oxidation sites excluding steroid dienone is 6. The summed E-state index contributed by atoms with van der Waals surface area (Å²) >= 11 is 14.5. The molecule has 0 aliphatic carbocycles. The smallest absolute Gasteiger partial charge is 0.418 e. The van der Waals surface area contributed by atoms with Crippen molar-refractivity contribution in [1.29, 1.82) is 0 Å². The minimum Gasteiger partial charge on any atom is -0.550 e. The molecular weight excluding hydrogens is 761 g/mol. The van der Waals surface area contributed by atoms with Gasteiger partial charge in [0.05, 0.1) is 31.9 Å². The number of carboxylic acid groups (broad SMARTS) is 2. The van der Waals surface area contributed by atoms with E-state index in [1.807, 2.05) is 0 Å². The van der Waals surface area contributed by atoms with Gasteiger partial charge in [0.2, 0.25) is 5.52 Å². The lowest BCUT2D eigenvalue weighted by atomic mass is 10.1. The van der Waals surface area contributed by atoms with E-state index in [1.165, 1.54) is 35.2 Å². The van der Waals surface area contributed by atoms with Crippen molar-refractivity contribution in [3.63, 3.8) is 0 Å². The second kappa shape index (κ2) is 17.8. The number of aliphatic carboxylic acids is 2. The van der Waals surface area contributed by atoms with E-state index in [0.717, 1.165) is 12.1 Å². The number of thioether (sulfide) groups is 1. The van der Waals surface area contributed by atoms with Gasteiger partial charge in [0.25, 0.3) is 5.01 Å². The van der Waals surface area contributed by atoms with Crippen molar-refractivity contribution >= 4 is 80.2 Å². The molecule has 1 aliphatic heterocycles. The molecule has 2 heterocycles. The minimum absolute atomic E-state index is 0.00825. The fraction of sp³-hybridized carbons (Fsp3) is 0.343. The van der Waals surface area contributed by atoms with Crippen molar-refractivity contribution in [3.05, 3.63) is 91.9 Å². The fourth-order valence-electron chi connectivity index (χ4n) is 5.30. The van der Waals surface area contributed by atoms with Gasteiger partial charge in [-0.25, -0.2) is 0 Å². The molecule has 0 saturated heterocycles. The monoisotopic (exact) mass is 792 g/mol. The summed E-state index contributed by atoms with van der Waals surface area (Å²) in [6.07, 6.45) is 5.75. The summed E-state index contributed by atoms with van der Waals surface area (Å²) < 4.78 is 84.0. The van der Waals surface area contributed by atoms with Crippen LogP contribution in [0.1, 0.15) is 67.5 Å². The zero-order valence-corrected chi connectivity index (χ0v) is 30.0. The molecule has 0 amide bonds. The minimum atomic E-state index is -4.64. The Hall–Kier alpha value is -3.46. The predicted octanol–water partition coefficient (Wildman–Crippen LogP) is 10.1. The number of rotatable bonds is 16. The largest absolute Gasteiger partial charge is 0.550 e. The van der Waals surface area contributed by atoms with E-state index < -0.39 is 45.5 Å². The molecule has 1 aromatic heterocycles. The van der Waals surface area contributed by atoms with Gasteiger partial charge in [-0.2, -0.15) is 30.9 Å². The van der Waals surface area contributed by atoms with Crippen LogP contribution >= 0.6 is 46.3 Å². The molecule has 1 N–H and O–H groups in total. The quantitative estimate of drug-likeness (QED) is 0.0673. The lowest BCUT2D eigenvalue weighted by molar-refractivity contribution is -0.669. The molecule has 2 aromatic carbocycles. The number of nitrogens with zero attached hydrogens (tertiary/aromatic N) is 2. The van der Waals surface area contributed by atoms with Gasteiger partial charge in [-0.05, 0) is 56.4 Å². The van der Waals surface area contributed by atoms with Crippen molar-refractivity contribution in [2.75, 3.05) is 11.4 Å². The topological polar surface area (TPSA) is 84.5 Å². The molecule has 0 fully saturated rings. The number of carbonyl (C=O) groups is 2. The van der Waals surface area contributed by atoms with Crippen LogP contribution in [0.5, 0.6) is 0 Å². The zero-order valence-electron chi connectivity index (χ0n) is 26.8. The van der Waals surface area contributed by atoms with Crippen molar-refractivity contribution in [2.24, 2.45) is 0 Å². The second-order valence-corrected chi connectivity index (χ2v) is 14.4. The molecule has 0 unspecified atom stereocenters. The van der Waals surface area contributed by atoms with E-state index in [9.17, 15) is 41.0 Å². The molecule has 0 saturated carbocycles. The molecule has 51 heavy (non-hydrogen) atoms. The molecule has 1 aliphatic rings. The number of aryl methyl sites for hydroxylation is 1. The molecule has 4 rings (SSSR count). The summed E-state index contributed by atoms with van der Waals surface area (Å²) in [4.78, 5) is 23.9. The Labute approximate surface area is 308 Å². The molecule has 0 atom stereocenters. The van der Waals surface area contributed by atoms with Gasteiger partial charge in [-0.1, -0.05) is 83.1 Å². The maximum absolute atomic E-state index is 13.6. The second-order valence-electron chi connectivity index (χ2n) is 11.5. The first-order valence-electron chi connectivity index (χ1n) is 15.8. The lowest BCUT2D eigenvalue weighted by Gasteiger charge is -2.21. The maximum Gasteiger partial charge on any atom is 0.418 e. The normalized spacial score (nSPS) is 14.7. The molecule has 0 radical (unpaired) electrons. The van der Waals surface area contributed by atoms with Crippen molar-refractivity contribution in [1.82, 2.24) is 0 Å². The summed E-state index contributed by atoms with van der Waals surface area (Å²) in [6.45, 7) is 0.729. The van der Waals surface area contributed by atoms with Gasteiger partial charge in [-0.3, -0.25) is 4.79 Å². The number of carboxylic acids is 2. The first kappa shape index (κ1) is 40.3. The molecule has 3 aromatic rings. The summed E-state index contributed by atoms with van der Waals surface area (Å²) in [5.74, 6) is -2.07. The molecule has 6 nitrogen and oxygen atoms in total. The summed E-state index contributed by atoms with van der Waals surface area (Å²) in [7, 11) is 0. The third kappa shape index (κ3) is 11.3. The first-order valence-corrected chi connectivity index (χ1v) is 18.2. The highest BCUT2D eigenvalue weighted by Crippen LogP contribution is 2.50. The predicted molar refractivity (Wildman–Crippen MR) is 187 cm³/mol. The van der Waals surface area contributed by atoms with Crippen LogP contribution in [-0.4, -0.2) is 23.6 Å². The van der Waals surface area contributed by atoms with Crippen LogP contribution in [0.2, 0.25) is 10.0 Å². The van der Waals surface area contributed by atoms with E-state index in [0.29, 0.717) is 82.5 Å². The number of unbranched alkanes of at least 4 members (excludes halogenated alkanes) is 4. The van der Waals surface area contributed by atoms with E-state index in [2.05, 4.69) is 0 Å². The average molecular weight is 794 g/mol. The number of halogens is 8. The van der Waals surface area contributed by atoms with Gasteiger partial charge in [0.1, 0.15) is 4.70 Å². The van der Waals surface area contributed by atoms with Crippen molar-refractivity contribution in [3.8, 4) is 0 Å². The Balaban J connectivity index is 1.51. The highest BCUT2D eigenvalue weighted by atomic mass is 35.5. The Morgan fingerprint density at radius 1 is 0.824 bits per heavy atom.